The molecule has 4 heterocycles. The number of halogens is 8. The smallest absolute Gasteiger partial charge is 0.338 e. The van der Waals surface area contributed by atoms with Gasteiger partial charge in [0.15, 0.2) is 11.5 Å². The molecule has 2 unspecified atom stereocenters. The lowest BCUT2D eigenvalue weighted by atomic mass is 9.89. The molecule has 1 amide bonds. The Morgan fingerprint density at radius 2 is 1.85 bits per heavy atom. The Hall–Kier alpha value is -3.00. The molecule has 0 bridgehead atoms. The largest absolute Gasteiger partial charge is 0.436 e. The first-order valence-electron chi connectivity index (χ1n) is 10.2. The van der Waals surface area contributed by atoms with Gasteiger partial charge in [0.2, 0.25) is 5.91 Å². The summed E-state index contributed by atoms with van der Waals surface area (Å²) >= 11 is 0. The first kappa shape index (κ1) is 24.1. The van der Waals surface area contributed by atoms with Crippen LogP contribution in [0.3, 0.4) is 0 Å². The van der Waals surface area contributed by atoms with Crippen molar-refractivity contribution in [2.75, 3.05) is 13.1 Å². The number of aryl methyl sites for hydroxylation is 1. The average Bonchev–Trinajstić information content (AvgIpc) is 3.30. The van der Waals surface area contributed by atoms with Crippen LogP contribution in [0.4, 0.5) is 35.1 Å². The third-order valence-electron chi connectivity index (χ3n) is 5.95. The Balaban J connectivity index is 1.75. The zero-order valence-electron chi connectivity index (χ0n) is 17.2. The van der Waals surface area contributed by atoms with Gasteiger partial charge in [0, 0.05) is 24.7 Å². The quantitative estimate of drug-likeness (QED) is 0.609. The second-order valence-electron chi connectivity index (χ2n) is 8.16. The molecule has 186 valence electrons. The Kier molecular flexibility index (Phi) is 5.92. The number of carbonyl (C=O) groups is 1. The molecule has 7 nitrogen and oxygen atoms in total. The summed E-state index contributed by atoms with van der Waals surface area (Å²) in [6.07, 6.45) is -11.7. The second kappa shape index (κ2) is 8.34. The molecule has 0 radical (unpaired) electrons. The maximum Gasteiger partial charge on any atom is 0.436 e. The lowest BCUT2D eigenvalue weighted by Crippen LogP contribution is -2.49. The predicted octanol–water partition coefficient (Wildman–Crippen LogP) is 2.88. The lowest BCUT2D eigenvalue weighted by molar-refractivity contribution is -0.196. The molecular formula is C19H17F8N5O2. The first-order chi connectivity index (χ1) is 15.8. The zero-order chi connectivity index (χ0) is 25.0. The minimum atomic E-state index is -5.11. The Bertz CT molecular complexity index is 1160. The van der Waals surface area contributed by atoms with Crippen molar-refractivity contribution < 1.29 is 39.9 Å². The first-order valence-corrected chi connectivity index (χ1v) is 10.2. The molecule has 34 heavy (non-hydrogen) atoms. The number of nitrogens with zero attached hydrogens (tertiary/aromatic N) is 5. The van der Waals surface area contributed by atoms with Crippen molar-refractivity contribution in [3.8, 4) is 0 Å². The van der Waals surface area contributed by atoms with E-state index in [-0.39, 0.29) is 25.2 Å². The van der Waals surface area contributed by atoms with Crippen molar-refractivity contribution in [3.63, 3.8) is 0 Å². The van der Waals surface area contributed by atoms with Gasteiger partial charge in [-0.05, 0) is 18.9 Å². The van der Waals surface area contributed by atoms with Gasteiger partial charge in [0.05, 0.1) is 19.0 Å². The summed E-state index contributed by atoms with van der Waals surface area (Å²) in [7, 11) is 0. The molecule has 2 aromatic heterocycles. The molecule has 0 saturated carbocycles. The fourth-order valence-electron chi connectivity index (χ4n) is 4.34. The van der Waals surface area contributed by atoms with Gasteiger partial charge >= 0.3 is 18.0 Å². The highest BCUT2D eigenvalue weighted by molar-refractivity contribution is 5.81. The summed E-state index contributed by atoms with van der Waals surface area (Å²) in [4.78, 5) is 29.8. The highest BCUT2D eigenvalue weighted by atomic mass is 19.4. The number of alkyl halides is 7. The highest BCUT2D eigenvalue weighted by Gasteiger charge is 2.53. The number of rotatable bonds is 3. The van der Waals surface area contributed by atoms with Gasteiger partial charge in [-0.25, -0.2) is 23.2 Å². The number of fused-ring (bicyclic) bond motifs is 1. The number of hydrogen-bond acceptors (Lipinski definition) is 4. The van der Waals surface area contributed by atoms with Crippen LogP contribution in [0, 0.1) is 11.7 Å². The van der Waals surface area contributed by atoms with E-state index in [4.69, 9.17) is 0 Å². The molecule has 4 rings (SSSR count). The molecule has 1 fully saturated rings. The van der Waals surface area contributed by atoms with Crippen LogP contribution in [0.15, 0.2) is 17.1 Å². The van der Waals surface area contributed by atoms with Gasteiger partial charge in [-0.3, -0.25) is 9.36 Å². The van der Waals surface area contributed by atoms with E-state index in [2.05, 4.69) is 10.1 Å². The number of pyridine rings is 1. The van der Waals surface area contributed by atoms with Crippen molar-refractivity contribution in [2.45, 2.75) is 50.4 Å². The number of likely N-dealkylation sites (tertiary alicyclic amines) is 1. The lowest BCUT2D eigenvalue weighted by Gasteiger charge is -2.34. The van der Waals surface area contributed by atoms with Crippen LogP contribution in [0.2, 0.25) is 0 Å². The van der Waals surface area contributed by atoms with Crippen LogP contribution >= 0.6 is 0 Å². The molecule has 1 saturated heterocycles. The van der Waals surface area contributed by atoms with Crippen molar-refractivity contribution in [3.05, 3.63) is 45.6 Å². The number of amides is 1. The molecule has 2 aliphatic rings. The van der Waals surface area contributed by atoms with E-state index < -0.39 is 78.7 Å². The van der Waals surface area contributed by atoms with Gasteiger partial charge in [-0.1, -0.05) is 0 Å². The van der Waals surface area contributed by atoms with Gasteiger partial charge in [0.25, 0.3) is 0 Å². The minimum absolute atomic E-state index is 0.0565. The molecule has 0 N–H and O–H groups in total. The number of carbonyl (C=O) groups excluding carboxylic acids is 1. The minimum Gasteiger partial charge on any atom is -0.338 e. The Morgan fingerprint density at radius 1 is 1.15 bits per heavy atom. The molecule has 2 aliphatic heterocycles. The number of aromatic nitrogens is 4. The van der Waals surface area contributed by atoms with E-state index in [1.807, 2.05) is 0 Å². The summed E-state index contributed by atoms with van der Waals surface area (Å²) in [6.45, 7) is -1.37. The van der Waals surface area contributed by atoms with Crippen LogP contribution in [0.1, 0.15) is 36.0 Å². The predicted molar refractivity (Wildman–Crippen MR) is 97.8 cm³/mol. The molecule has 0 aliphatic carbocycles. The SMILES string of the molecule is O=C(C1C(C(F)(F)F)CCc2nn(Cc3ccnc(C(F)(F)F)c3F)c(=O)n21)N1CC[C@H](F)C1. The van der Waals surface area contributed by atoms with Crippen LogP contribution in [0.5, 0.6) is 0 Å². The maximum absolute atomic E-state index is 14.4. The van der Waals surface area contributed by atoms with Gasteiger partial charge in [-0.2, -0.15) is 31.4 Å². The highest BCUT2D eigenvalue weighted by Crippen LogP contribution is 2.42. The average molecular weight is 499 g/mol. The van der Waals surface area contributed by atoms with E-state index in [9.17, 15) is 44.7 Å². The van der Waals surface area contributed by atoms with E-state index in [0.717, 1.165) is 11.0 Å². The third-order valence-corrected chi connectivity index (χ3v) is 5.95. The van der Waals surface area contributed by atoms with Gasteiger partial charge < -0.3 is 4.90 Å². The molecule has 15 heteroatoms. The summed E-state index contributed by atoms with van der Waals surface area (Å²) in [5.41, 5.74) is -3.65. The van der Waals surface area contributed by atoms with Gasteiger partial charge in [0.1, 0.15) is 18.0 Å². The van der Waals surface area contributed by atoms with Crippen LogP contribution < -0.4 is 5.69 Å². The standard InChI is InChI=1S/C19H17F8N5O2/c20-10-4-6-30(8-10)16(33)14-11(18(22,23)24)1-2-12-29-31(17(34)32(12)14)7-9-3-5-28-15(13(9)21)19(25,26)27/h3,5,10-11,14H,1-2,4,6-8H2/t10-,11?,14?/m0/s1. The fraction of sp³-hybridized carbons (Fsp3) is 0.579. The topological polar surface area (TPSA) is 73.0 Å². The van der Waals surface area contributed by atoms with Crippen LogP contribution in [-0.4, -0.2) is 55.6 Å². The van der Waals surface area contributed by atoms with E-state index in [0.29, 0.717) is 15.4 Å². The van der Waals surface area contributed by atoms with Crippen LogP contribution in [-0.2, 0) is 23.9 Å². The fourth-order valence-corrected chi connectivity index (χ4v) is 4.34. The summed E-state index contributed by atoms with van der Waals surface area (Å²) < 4.78 is 109. The van der Waals surface area contributed by atoms with Crippen LogP contribution in [0.25, 0.3) is 0 Å². The Morgan fingerprint density at radius 3 is 2.44 bits per heavy atom. The maximum atomic E-state index is 14.4. The van der Waals surface area contributed by atoms with Crippen molar-refractivity contribution >= 4 is 5.91 Å². The summed E-state index contributed by atoms with van der Waals surface area (Å²) in [5.74, 6) is -5.30. The van der Waals surface area contributed by atoms with E-state index in [1.54, 1.807) is 0 Å². The van der Waals surface area contributed by atoms with E-state index >= 15 is 0 Å². The normalized spacial score (nSPS) is 23.3. The molecule has 3 atom stereocenters. The van der Waals surface area contributed by atoms with Crippen molar-refractivity contribution in [1.82, 2.24) is 24.2 Å². The summed E-state index contributed by atoms with van der Waals surface area (Å²) in [6, 6.07) is -1.18. The molecule has 0 aromatic carbocycles. The van der Waals surface area contributed by atoms with Crippen molar-refractivity contribution in [2.24, 2.45) is 5.92 Å². The van der Waals surface area contributed by atoms with E-state index in [1.165, 1.54) is 0 Å². The zero-order valence-corrected chi connectivity index (χ0v) is 17.2. The monoisotopic (exact) mass is 499 g/mol. The third kappa shape index (κ3) is 4.27. The summed E-state index contributed by atoms with van der Waals surface area (Å²) in [5, 5.41) is 3.86. The molecule has 2 aromatic rings. The number of hydrogen-bond donors (Lipinski definition) is 0. The Labute approximate surface area is 186 Å². The second-order valence-corrected chi connectivity index (χ2v) is 8.16. The molecular weight excluding hydrogens is 482 g/mol. The van der Waals surface area contributed by atoms with Crippen molar-refractivity contribution in [1.29, 1.82) is 0 Å². The van der Waals surface area contributed by atoms with Gasteiger partial charge in [-0.15, -0.1) is 0 Å². The molecule has 0 spiro atoms.